The highest BCUT2D eigenvalue weighted by Gasteiger charge is 2.46. The van der Waals surface area contributed by atoms with Gasteiger partial charge in [0.15, 0.2) is 0 Å². The van der Waals surface area contributed by atoms with E-state index in [1.165, 1.54) is 24.3 Å². The van der Waals surface area contributed by atoms with Crippen molar-refractivity contribution in [2.75, 3.05) is 16.0 Å². The van der Waals surface area contributed by atoms with Crippen molar-refractivity contribution in [3.8, 4) is 17.2 Å². The molecule has 0 unspecified atom stereocenters. The number of anilines is 3. The Labute approximate surface area is 381 Å². The summed E-state index contributed by atoms with van der Waals surface area (Å²) in [5.41, 5.74) is 5.77. The molecule has 3 aromatic heterocycles. The molecule has 3 amide bonds. The lowest BCUT2D eigenvalue weighted by molar-refractivity contribution is -0.384. The molecule has 3 heterocycles. The molecule has 0 saturated heterocycles. The Morgan fingerprint density at radius 2 is 0.788 bits per heavy atom. The molecule has 6 aromatic carbocycles. The summed E-state index contributed by atoms with van der Waals surface area (Å²) in [7, 11) is 0. The van der Waals surface area contributed by atoms with Gasteiger partial charge in [-0.05, 0) is 123 Å². The Bertz CT molecular complexity index is 3190. The monoisotopic (exact) mass is 889 g/mol. The van der Waals surface area contributed by atoms with Crippen LogP contribution in [0.4, 0.5) is 22.7 Å². The number of rotatable bonds is 13. The average molecular weight is 890 g/mol. The fourth-order valence-electron chi connectivity index (χ4n) is 7.16. The molecule has 0 aliphatic carbocycles. The normalized spacial score (nSPS) is 10.9. The number of fused-ring (bicyclic) bond motifs is 3. The van der Waals surface area contributed by atoms with Gasteiger partial charge in [0.1, 0.15) is 33.8 Å². The van der Waals surface area contributed by atoms with Crippen molar-refractivity contribution >= 4 is 88.3 Å². The van der Waals surface area contributed by atoms with Crippen molar-refractivity contribution < 1.29 is 30.7 Å². The Balaban J connectivity index is 1.07. The summed E-state index contributed by atoms with van der Waals surface area (Å²) < 4.78 is 20.1. The van der Waals surface area contributed by atoms with Crippen LogP contribution in [0.15, 0.2) is 164 Å². The minimum absolute atomic E-state index is 0.139. The van der Waals surface area contributed by atoms with Crippen molar-refractivity contribution in [2.24, 2.45) is 0 Å². The smallest absolute Gasteiger partial charge is 0.576 e. The largest absolute Gasteiger partial charge is 1.20 e. The van der Waals surface area contributed by atoms with Gasteiger partial charge in [-0.25, -0.2) is 0 Å². The third-order valence-corrected chi connectivity index (χ3v) is 11.9. The maximum absolute atomic E-state index is 13.3. The molecule has 322 valence electrons. The standard InChI is InChI=1S/2C17H14N2O2.C16H11N3O4.Al/c2*1-11-4-6-12(7-5-11)17(21)19-14-8-9-15(20)16-13(14)3-2-10-18-16;20-14-8-7-13(12-2-1-9-17-15(12)14)18-16(21)10-3-5-11(6-4-10)19(22)23;/h2*2-10,20H,1H3,(H,19,21);1-9,20H,(H,18,21);/q;;;+3/p-3. The van der Waals surface area contributed by atoms with Crippen molar-refractivity contribution in [2.45, 2.75) is 13.8 Å². The predicted octanol–water partition coefficient (Wildman–Crippen LogP) is 10.1. The van der Waals surface area contributed by atoms with Gasteiger partial charge in [-0.3, -0.25) is 39.4 Å². The second-order valence-electron chi connectivity index (χ2n) is 15.1. The lowest BCUT2D eigenvalue weighted by Crippen LogP contribution is -2.37. The molecular weight excluding hydrogens is 854 g/mol. The first-order valence-corrected chi connectivity index (χ1v) is 21.9. The van der Waals surface area contributed by atoms with E-state index < -0.39 is 26.0 Å². The van der Waals surface area contributed by atoms with Crippen molar-refractivity contribution in [1.82, 2.24) is 15.0 Å². The van der Waals surface area contributed by atoms with Gasteiger partial charge in [0.05, 0.1) is 22.0 Å². The molecule has 0 aliphatic heterocycles. The first-order chi connectivity index (χ1) is 32.1. The highest BCUT2D eigenvalue weighted by Crippen LogP contribution is 2.36. The summed E-state index contributed by atoms with van der Waals surface area (Å²) in [5.74, 6) is -0.194. The van der Waals surface area contributed by atoms with Crippen LogP contribution >= 0.6 is 0 Å². The maximum Gasteiger partial charge on any atom is 1.20 e. The van der Waals surface area contributed by atoms with Gasteiger partial charge in [0, 0.05) is 63.6 Å². The number of carbonyl (C=O) groups is 3. The number of non-ortho nitro benzene ring substituents is 1. The quantitative estimate of drug-likeness (QED) is 0.0566. The summed E-state index contributed by atoms with van der Waals surface area (Å²) >= 11 is -3.48. The van der Waals surface area contributed by atoms with Crippen LogP contribution in [0.3, 0.4) is 0 Å². The van der Waals surface area contributed by atoms with E-state index >= 15 is 0 Å². The van der Waals surface area contributed by atoms with Crippen LogP contribution in [0, 0.1) is 24.0 Å². The highest BCUT2D eigenvalue weighted by molar-refractivity contribution is 6.40. The van der Waals surface area contributed by atoms with Gasteiger partial charge in [0.25, 0.3) is 23.4 Å². The number of amides is 3. The van der Waals surface area contributed by atoms with E-state index in [-0.39, 0.29) is 28.8 Å². The number of nitro benzene ring substituents is 1. The van der Waals surface area contributed by atoms with E-state index in [1.54, 1.807) is 104 Å². The molecule has 3 N–H and O–H groups in total. The second kappa shape index (κ2) is 18.6. The minimum Gasteiger partial charge on any atom is -0.576 e. The van der Waals surface area contributed by atoms with Gasteiger partial charge in [-0.15, -0.1) is 0 Å². The zero-order valence-electron chi connectivity index (χ0n) is 35.2. The van der Waals surface area contributed by atoms with E-state index in [9.17, 15) is 24.5 Å². The number of hydrogen-bond donors (Lipinski definition) is 3. The van der Waals surface area contributed by atoms with Gasteiger partial charge in [0.2, 0.25) is 0 Å². The SMILES string of the molecule is Cc1ccc(C(=O)Nc2ccc([O][Al]([O]c3ccc(NC(=O)c4ccc(C)cc4)c4cccnc34)[O]c3ccc(NC(=O)c4ccc([N+](=O)[O-])cc4)c4cccnc34)c3ncccc23)cc1. The van der Waals surface area contributed by atoms with E-state index in [2.05, 4.69) is 30.9 Å². The molecule has 66 heavy (non-hydrogen) atoms. The molecule has 0 bridgehead atoms. The van der Waals surface area contributed by atoms with Gasteiger partial charge in [-0.1, -0.05) is 35.4 Å². The average Bonchev–Trinajstić information content (AvgIpc) is 3.34. The Morgan fingerprint density at radius 1 is 0.470 bits per heavy atom. The van der Waals surface area contributed by atoms with Crippen LogP contribution < -0.4 is 27.3 Å². The number of carbonyl (C=O) groups excluding carboxylic acids is 3. The van der Waals surface area contributed by atoms with E-state index in [0.29, 0.717) is 72.4 Å². The molecule has 9 aromatic rings. The zero-order valence-corrected chi connectivity index (χ0v) is 36.4. The Hall–Kier alpha value is -8.71. The first-order valence-electron chi connectivity index (χ1n) is 20.5. The molecule has 0 atom stereocenters. The number of nitrogens with zero attached hydrogens (tertiary/aromatic N) is 4. The molecule has 0 saturated carbocycles. The van der Waals surface area contributed by atoms with Crippen molar-refractivity contribution in [1.29, 1.82) is 0 Å². The lowest BCUT2D eigenvalue weighted by Gasteiger charge is -2.20. The van der Waals surface area contributed by atoms with Crippen LogP contribution in [-0.2, 0) is 0 Å². The Morgan fingerprint density at radius 3 is 1.11 bits per heavy atom. The minimum atomic E-state index is -3.48. The lowest BCUT2D eigenvalue weighted by atomic mass is 10.1. The molecule has 0 aliphatic rings. The number of nitro groups is 1. The van der Waals surface area contributed by atoms with Gasteiger partial charge in [-0.2, -0.15) is 0 Å². The fourth-order valence-corrected chi connectivity index (χ4v) is 8.50. The molecule has 16 heteroatoms. The van der Waals surface area contributed by atoms with Crippen LogP contribution in [-0.4, -0.2) is 52.7 Å². The van der Waals surface area contributed by atoms with Crippen molar-refractivity contribution in [3.05, 3.63) is 202 Å². The molecule has 9 rings (SSSR count). The molecular formula is C50H36AlN7O8. The van der Waals surface area contributed by atoms with Gasteiger partial charge >= 0.3 is 15.1 Å². The number of hydrogen-bond acceptors (Lipinski definition) is 11. The van der Waals surface area contributed by atoms with Crippen LogP contribution in [0.25, 0.3) is 32.7 Å². The number of aromatic nitrogens is 3. The van der Waals surface area contributed by atoms with Crippen LogP contribution in [0.5, 0.6) is 17.2 Å². The zero-order chi connectivity index (χ0) is 45.7. The van der Waals surface area contributed by atoms with E-state index in [1.807, 2.05) is 50.2 Å². The number of nitrogens with one attached hydrogen (secondary N) is 3. The second-order valence-corrected chi connectivity index (χ2v) is 16.4. The maximum atomic E-state index is 13.3. The molecule has 0 spiro atoms. The summed E-state index contributed by atoms with van der Waals surface area (Å²) in [6.45, 7) is 3.90. The Kier molecular flexibility index (Phi) is 12.0. The molecule has 15 nitrogen and oxygen atoms in total. The third-order valence-electron chi connectivity index (χ3n) is 10.6. The van der Waals surface area contributed by atoms with E-state index in [4.69, 9.17) is 11.4 Å². The summed E-state index contributed by atoms with van der Waals surface area (Å²) in [5, 5.41) is 21.8. The summed E-state index contributed by atoms with van der Waals surface area (Å²) in [6, 6.07) is 40.5. The topological polar surface area (TPSA) is 197 Å². The fraction of sp³-hybridized carbons (Fsp3) is 0.0400. The summed E-state index contributed by atoms with van der Waals surface area (Å²) in [6.07, 6.45) is 4.81. The number of benzene rings is 6. The van der Waals surface area contributed by atoms with Crippen molar-refractivity contribution in [3.63, 3.8) is 0 Å². The van der Waals surface area contributed by atoms with Crippen LogP contribution in [0.2, 0.25) is 0 Å². The van der Waals surface area contributed by atoms with Crippen LogP contribution in [0.1, 0.15) is 42.2 Å². The first kappa shape index (κ1) is 42.6. The summed E-state index contributed by atoms with van der Waals surface area (Å²) in [4.78, 5) is 64.6. The molecule has 0 fully saturated rings. The predicted molar refractivity (Wildman–Crippen MR) is 252 cm³/mol. The molecule has 0 radical (unpaired) electrons. The number of pyridine rings is 3. The third kappa shape index (κ3) is 9.17. The van der Waals surface area contributed by atoms with E-state index in [0.717, 1.165) is 11.1 Å². The number of aryl methyl sites for hydroxylation is 2. The van der Waals surface area contributed by atoms with Gasteiger partial charge < -0.3 is 27.3 Å². The highest BCUT2D eigenvalue weighted by atomic mass is 27.3.